The van der Waals surface area contributed by atoms with Gasteiger partial charge in [-0.25, -0.2) is 22.9 Å². The van der Waals surface area contributed by atoms with Crippen molar-refractivity contribution in [2.24, 2.45) is 5.41 Å². The number of phosphoric acid groups is 2. The molecule has 0 radical (unpaired) electrons. The Morgan fingerprint density at radius 2 is 1.72 bits per heavy atom. The van der Waals surface area contributed by atoms with Crippen LogP contribution in [0.4, 0.5) is 8.78 Å². The lowest BCUT2D eigenvalue weighted by Crippen LogP contribution is -2.27. The normalized spacial score (nSPS) is 16.1. The molecule has 2 atom stereocenters. The molecule has 1 aromatic heterocycles. The van der Waals surface area contributed by atoms with Gasteiger partial charge < -0.3 is 38.8 Å². The number of aromatic nitrogens is 2. The van der Waals surface area contributed by atoms with Crippen molar-refractivity contribution in [1.29, 1.82) is 0 Å². The van der Waals surface area contributed by atoms with Crippen molar-refractivity contribution in [3.05, 3.63) is 52.9 Å². The van der Waals surface area contributed by atoms with Crippen LogP contribution in [0.5, 0.6) is 11.5 Å². The van der Waals surface area contributed by atoms with Gasteiger partial charge in [-0.1, -0.05) is 20.8 Å². The van der Waals surface area contributed by atoms with Crippen LogP contribution >= 0.6 is 15.6 Å². The second-order valence-corrected chi connectivity index (χ2v) is 13.2. The summed E-state index contributed by atoms with van der Waals surface area (Å²) >= 11 is 0. The van der Waals surface area contributed by atoms with Gasteiger partial charge in [0.05, 0.1) is 17.7 Å². The Kier molecular flexibility index (Phi) is 10.1. The minimum absolute atomic E-state index is 0.0278. The van der Waals surface area contributed by atoms with Crippen LogP contribution in [0.1, 0.15) is 61.3 Å². The molecule has 0 aliphatic carbocycles. The van der Waals surface area contributed by atoms with E-state index in [1.54, 1.807) is 47.9 Å². The summed E-state index contributed by atoms with van der Waals surface area (Å²) in [7, 11) is -6.43. The van der Waals surface area contributed by atoms with Crippen molar-refractivity contribution < 1.29 is 61.2 Å². The van der Waals surface area contributed by atoms with Crippen LogP contribution in [0.15, 0.2) is 24.3 Å². The van der Waals surface area contributed by atoms with Crippen LogP contribution in [0.2, 0.25) is 0 Å². The fraction of sp³-hybridized carbons (Fsp3) is 0.440. The molecule has 1 aliphatic rings. The van der Waals surface area contributed by atoms with E-state index in [1.807, 2.05) is 0 Å². The first-order chi connectivity index (χ1) is 19.6. The predicted molar refractivity (Wildman–Crippen MR) is 148 cm³/mol. The summed E-state index contributed by atoms with van der Waals surface area (Å²) in [6.45, 7) is 7.00. The molecule has 14 nitrogen and oxygen atoms in total. The molecule has 5 N–H and O–H groups in total. The minimum Gasteiger partial charge on any atom is -0.493 e. The number of amides is 1. The molecule has 238 valence electrons. The Hall–Kier alpha value is -2.94. The van der Waals surface area contributed by atoms with Gasteiger partial charge in [0.25, 0.3) is 5.91 Å². The van der Waals surface area contributed by atoms with Gasteiger partial charge in [0.15, 0.2) is 6.23 Å². The molecular formula is C25H33F2N3O11P2. The zero-order valence-electron chi connectivity index (χ0n) is 24.1. The van der Waals surface area contributed by atoms with E-state index in [1.165, 1.54) is 15.5 Å². The van der Waals surface area contributed by atoms with E-state index in [-0.39, 0.29) is 47.1 Å². The number of ether oxygens (including phenoxy) is 2. The Balaban J connectivity index is 0.000000934. The Bertz CT molecular complexity index is 1600. The highest BCUT2D eigenvalue weighted by Gasteiger charge is 2.37. The lowest BCUT2D eigenvalue weighted by Gasteiger charge is -2.33. The number of phosphoric ester groups is 1. The minimum atomic E-state index is -4.93. The van der Waals surface area contributed by atoms with Crippen molar-refractivity contribution in [1.82, 2.24) is 14.5 Å². The van der Waals surface area contributed by atoms with E-state index in [2.05, 4.69) is 4.98 Å². The number of hydrogen-bond acceptors (Lipinski definition) is 7. The van der Waals surface area contributed by atoms with E-state index in [0.717, 1.165) is 12.1 Å². The second kappa shape index (κ2) is 12.6. The summed E-state index contributed by atoms with van der Waals surface area (Å²) in [4.78, 5) is 59.8. The number of halogens is 2. The van der Waals surface area contributed by atoms with E-state index >= 15 is 0 Å². The lowest BCUT2D eigenvalue weighted by atomic mass is 9.94. The first-order valence-electron chi connectivity index (χ1n) is 12.6. The maximum absolute atomic E-state index is 14.8. The number of rotatable bonds is 6. The molecule has 4 rings (SSSR count). The van der Waals surface area contributed by atoms with Crippen LogP contribution < -0.4 is 9.47 Å². The number of fused-ring (bicyclic) bond motifs is 2. The van der Waals surface area contributed by atoms with Crippen LogP contribution in [-0.4, -0.2) is 65.5 Å². The number of aryl methyl sites for hydroxylation is 1. The molecule has 2 aromatic carbocycles. The Labute approximate surface area is 245 Å². The molecule has 0 fully saturated rings. The van der Waals surface area contributed by atoms with Crippen molar-refractivity contribution >= 4 is 32.6 Å². The van der Waals surface area contributed by atoms with Crippen LogP contribution in [0.25, 0.3) is 11.0 Å². The molecule has 18 heteroatoms. The van der Waals surface area contributed by atoms with E-state index < -0.39 is 45.0 Å². The average molecular weight is 651 g/mol. The van der Waals surface area contributed by atoms with Gasteiger partial charge in [0.1, 0.15) is 40.6 Å². The third kappa shape index (κ3) is 8.80. The smallest absolute Gasteiger partial charge is 0.471 e. The van der Waals surface area contributed by atoms with E-state index in [0.29, 0.717) is 11.3 Å². The highest BCUT2D eigenvalue weighted by atomic mass is 31.2. The predicted octanol–water partition coefficient (Wildman–Crippen LogP) is 3.95. The first-order valence-corrected chi connectivity index (χ1v) is 15.7. The van der Waals surface area contributed by atoms with Gasteiger partial charge in [-0.05, 0) is 19.1 Å². The zero-order valence-corrected chi connectivity index (χ0v) is 25.8. The van der Waals surface area contributed by atoms with E-state index in [4.69, 9.17) is 33.2 Å². The Morgan fingerprint density at radius 1 is 1.12 bits per heavy atom. The van der Waals surface area contributed by atoms with Gasteiger partial charge in [-0.15, -0.1) is 0 Å². The number of carbonyl (C=O) groups excluding carboxylic acids is 1. The fourth-order valence-corrected chi connectivity index (χ4v) is 5.12. The zero-order chi connectivity index (χ0) is 32.7. The topological polar surface area (TPSA) is 201 Å². The highest BCUT2D eigenvalue weighted by Crippen LogP contribution is 2.49. The number of hydrogen-bond donors (Lipinski definition) is 5. The number of imidazole rings is 1. The summed E-state index contributed by atoms with van der Waals surface area (Å²) < 4.78 is 67.7. The number of carbonyl (C=O) groups is 1. The maximum Gasteiger partial charge on any atom is 0.471 e. The van der Waals surface area contributed by atoms with Gasteiger partial charge in [0.2, 0.25) is 0 Å². The van der Waals surface area contributed by atoms with Crippen molar-refractivity contribution in [2.75, 3.05) is 20.7 Å². The average Bonchev–Trinajstić information content (AvgIpc) is 3.15. The summed E-state index contributed by atoms with van der Waals surface area (Å²) in [5.41, 5.74) is 0.0370. The summed E-state index contributed by atoms with van der Waals surface area (Å²) in [6, 6.07) is 4.85. The third-order valence-corrected chi connectivity index (χ3v) is 6.56. The summed E-state index contributed by atoms with van der Waals surface area (Å²) in [5.74, 6) is -1.47. The van der Waals surface area contributed by atoms with Crippen LogP contribution in [-0.2, 0) is 13.7 Å². The molecule has 1 aliphatic heterocycles. The monoisotopic (exact) mass is 651 g/mol. The van der Waals surface area contributed by atoms with Crippen molar-refractivity contribution in [3.8, 4) is 11.5 Å². The fourth-order valence-electron chi connectivity index (χ4n) is 4.45. The van der Waals surface area contributed by atoms with Gasteiger partial charge in [0, 0.05) is 43.6 Å². The number of nitrogens with zero attached hydrogens (tertiary/aromatic N) is 3. The SMILES string of the molecule is Cc1nc2c(O[C@H]3CCOc4cc(F)cc(F)c43)cc(C(=O)N(C)C)cc2n1C(OP(=O)(O)O)C(C)(C)C.O=P(O)(O)O. The largest absolute Gasteiger partial charge is 0.493 e. The van der Waals surface area contributed by atoms with E-state index in [9.17, 15) is 27.9 Å². The molecule has 0 spiro atoms. The summed E-state index contributed by atoms with van der Waals surface area (Å²) in [6.07, 6.45) is -1.80. The van der Waals surface area contributed by atoms with Crippen LogP contribution in [0.3, 0.4) is 0 Å². The summed E-state index contributed by atoms with van der Waals surface area (Å²) in [5, 5.41) is 0. The van der Waals surface area contributed by atoms with Crippen LogP contribution in [0, 0.1) is 24.0 Å². The quantitative estimate of drug-likeness (QED) is 0.241. The van der Waals surface area contributed by atoms with Crippen molar-refractivity contribution in [2.45, 2.75) is 46.4 Å². The van der Waals surface area contributed by atoms with Gasteiger partial charge >= 0.3 is 15.6 Å². The first kappa shape index (κ1) is 34.5. The lowest BCUT2D eigenvalue weighted by molar-refractivity contribution is 0.000462. The molecule has 0 bridgehead atoms. The molecule has 0 saturated carbocycles. The van der Waals surface area contributed by atoms with Gasteiger partial charge in [-0.3, -0.25) is 13.9 Å². The maximum atomic E-state index is 14.8. The molecule has 3 aromatic rings. The third-order valence-electron chi connectivity index (χ3n) is 6.09. The molecular weight excluding hydrogens is 618 g/mol. The molecule has 1 amide bonds. The van der Waals surface area contributed by atoms with Crippen molar-refractivity contribution in [3.63, 3.8) is 0 Å². The molecule has 1 unspecified atom stereocenters. The van der Waals surface area contributed by atoms with Gasteiger partial charge in [-0.2, -0.15) is 0 Å². The molecule has 43 heavy (non-hydrogen) atoms. The second-order valence-electron chi connectivity index (χ2n) is 10.9. The highest BCUT2D eigenvalue weighted by molar-refractivity contribution is 7.46. The number of benzene rings is 2. The Morgan fingerprint density at radius 3 is 2.26 bits per heavy atom. The standard InChI is InChI=1S/C25H30F2N3O7P.H3O4P/c1-13-28-22-17(30(13)24(25(2,3)4)37-38(32,33)34)9-14(23(31)29(5)6)10-20(22)36-18-7-8-35-19-12-15(26)11-16(27)21(18)19;1-5(2,3)4/h9-12,18,24H,7-8H2,1-6H3,(H2,32,33,34);(H3,1,2,3,4)/t18-,24?;/m0./s1. The molecule has 0 saturated heterocycles. The molecule has 2 heterocycles.